The van der Waals surface area contributed by atoms with Crippen LogP contribution in [-0.4, -0.2) is 27.3 Å². The topological polar surface area (TPSA) is 130 Å². The average molecular weight is 212 g/mol. The SMILES string of the molecule is NC(C(=O)O)C(N)c1ccc(O)c(O)c1. The van der Waals surface area contributed by atoms with Crippen LogP contribution in [0.5, 0.6) is 11.5 Å². The molecule has 2 unspecified atom stereocenters. The van der Waals surface area contributed by atoms with Crippen LogP contribution in [-0.2, 0) is 4.79 Å². The molecular weight excluding hydrogens is 200 g/mol. The quantitative estimate of drug-likeness (QED) is 0.430. The van der Waals surface area contributed by atoms with Crippen molar-refractivity contribution in [1.29, 1.82) is 0 Å². The Morgan fingerprint density at radius 2 is 1.80 bits per heavy atom. The summed E-state index contributed by atoms with van der Waals surface area (Å²) in [5.74, 6) is -1.88. The second-order valence-corrected chi connectivity index (χ2v) is 3.14. The lowest BCUT2D eigenvalue weighted by molar-refractivity contribution is -0.139. The molecule has 0 bridgehead atoms. The summed E-state index contributed by atoms with van der Waals surface area (Å²) in [6, 6.07) is 1.62. The van der Waals surface area contributed by atoms with E-state index in [9.17, 15) is 9.90 Å². The highest BCUT2D eigenvalue weighted by molar-refractivity contribution is 5.74. The fourth-order valence-electron chi connectivity index (χ4n) is 1.11. The van der Waals surface area contributed by atoms with Crippen molar-refractivity contribution in [1.82, 2.24) is 0 Å². The largest absolute Gasteiger partial charge is 0.504 e. The maximum absolute atomic E-state index is 10.5. The van der Waals surface area contributed by atoms with Crippen molar-refractivity contribution in [2.24, 2.45) is 11.5 Å². The van der Waals surface area contributed by atoms with Gasteiger partial charge in [-0.05, 0) is 17.7 Å². The van der Waals surface area contributed by atoms with Gasteiger partial charge in [0.2, 0.25) is 0 Å². The van der Waals surface area contributed by atoms with E-state index in [-0.39, 0.29) is 11.5 Å². The predicted molar refractivity (Wildman–Crippen MR) is 52.3 cm³/mol. The highest BCUT2D eigenvalue weighted by atomic mass is 16.4. The number of carboxylic acid groups (broad SMARTS) is 1. The molecule has 0 aliphatic rings. The summed E-state index contributed by atoms with van der Waals surface area (Å²) in [4.78, 5) is 10.5. The van der Waals surface area contributed by atoms with Crippen LogP contribution in [0.25, 0.3) is 0 Å². The van der Waals surface area contributed by atoms with Crippen molar-refractivity contribution in [3.05, 3.63) is 23.8 Å². The summed E-state index contributed by atoms with van der Waals surface area (Å²) in [6.07, 6.45) is 0. The second kappa shape index (κ2) is 4.16. The van der Waals surface area contributed by atoms with Crippen LogP contribution in [0.4, 0.5) is 0 Å². The first-order chi connectivity index (χ1) is 6.93. The second-order valence-electron chi connectivity index (χ2n) is 3.14. The number of carboxylic acids is 1. The van der Waals surface area contributed by atoms with Crippen molar-refractivity contribution in [3.8, 4) is 11.5 Å². The van der Waals surface area contributed by atoms with Crippen LogP contribution < -0.4 is 11.5 Å². The summed E-state index contributed by atoms with van der Waals surface area (Å²) in [6.45, 7) is 0. The molecule has 1 aromatic rings. The first-order valence-corrected chi connectivity index (χ1v) is 4.19. The van der Waals surface area contributed by atoms with Gasteiger partial charge in [-0.25, -0.2) is 0 Å². The molecule has 0 amide bonds. The number of rotatable bonds is 3. The third-order valence-electron chi connectivity index (χ3n) is 2.06. The third-order valence-corrected chi connectivity index (χ3v) is 2.06. The van der Waals surface area contributed by atoms with Crippen LogP contribution in [0.2, 0.25) is 0 Å². The van der Waals surface area contributed by atoms with E-state index in [1.54, 1.807) is 0 Å². The van der Waals surface area contributed by atoms with Gasteiger partial charge in [0.15, 0.2) is 11.5 Å². The van der Waals surface area contributed by atoms with Gasteiger partial charge in [0.25, 0.3) is 0 Å². The molecule has 15 heavy (non-hydrogen) atoms. The molecule has 0 saturated carbocycles. The summed E-state index contributed by atoms with van der Waals surface area (Å²) in [5, 5.41) is 26.8. The Balaban J connectivity index is 2.96. The fraction of sp³-hybridized carbons (Fsp3) is 0.222. The van der Waals surface area contributed by atoms with E-state index < -0.39 is 18.1 Å². The minimum atomic E-state index is -1.26. The van der Waals surface area contributed by atoms with Gasteiger partial charge in [0.1, 0.15) is 6.04 Å². The van der Waals surface area contributed by atoms with Gasteiger partial charge in [-0.15, -0.1) is 0 Å². The summed E-state index contributed by atoms with van der Waals surface area (Å²) in [7, 11) is 0. The highest BCUT2D eigenvalue weighted by Gasteiger charge is 2.22. The lowest BCUT2D eigenvalue weighted by atomic mass is 10.0. The van der Waals surface area contributed by atoms with E-state index in [4.69, 9.17) is 21.7 Å². The molecule has 0 heterocycles. The fourth-order valence-corrected chi connectivity index (χ4v) is 1.11. The Hall–Kier alpha value is -1.79. The molecule has 6 nitrogen and oxygen atoms in total. The van der Waals surface area contributed by atoms with Crippen LogP contribution in [0.1, 0.15) is 11.6 Å². The molecule has 0 saturated heterocycles. The molecule has 6 heteroatoms. The zero-order valence-corrected chi connectivity index (χ0v) is 7.79. The van der Waals surface area contributed by atoms with Crippen LogP contribution in [0, 0.1) is 0 Å². The Labute approximate surface area is 85.8 Å². The number of hydrogen-bond acceptors (Lipinski definition) is 5. The van der Waals surface area contributed by atoms with Gasteiger partial charge in [0.05, 0.1) is 6.04 Å². The molecule has 0 aromatic heterocycles. The van der Waals surface area contributed by atoms with Crippen molar-refractivity contribution in [2.45, 2.75) is 12.1 Å². The van der Waals surface area contributed by atoms with E-state index in [1.807, 2.05) is 0 Å². The van der Waals surface area contributed by atoms with E-state index >= 15 is 0 Å². The first-order valence-electron chi connectivity index (χ1n) is 4.19. The first kappa shape index (κ1) is 11.3. The lowest BCUT2D eigenvalue weighted by Gasteiger charge is -2.16. The molecule has 0 spiro atoms. The summed E-state index contributed by atoms with van der Waals surface area (Å²) in [5.41, 5.74) is 11.2. The Morgan fingerprint density at radius 1 is 1.20 bits per heavy atom. The number of phenols is 2. The number of nitrogens with two attached hydrogens (primary N) is 2. The zero-order valence-electron chi connectivity index (χ0n) is 7.79. The number of carbonyl (C=O) groups is 1. The van der Waals surface area contributed by atoms with Crippen LogP contribution >= 0.6 is 0 Å². The molecular formula is C9H12N2O4. The molecule has 0 aliphatic heterocycles. The number of hydrogen-bond donors (Lipinski definition) is 5. The summed E-state index contributed by atoms with van der Waals surface area (Å²) < 4.78 is 0. The molecule has 0 radical (unpaired) electrons. The zero-order chi connectivity index (χ0) is 11.6. The summed E-state index contributed by atoms with van der Waals surface area (Å²) >= 11 is 0. The van der Waals surface area contributed by atoms with Crippen molar-refractivity contribution < 1.29 is 20.1 Å². The van der Waals surface area contributed by atoms with Crippen molar-refractivity contribution >= 4 is 5.97 Å². The normalized spacial score (nSPS) is 14.5. The molecule has 7 N–H and O–H groups in total. The molecule has 1 rings (SSSR count). The smallest absolute Gasteiger partial charge is 0.322 e. The van der Waals surface area contributed by atoms with Gasteiger partial charge >= 0.3 is 5.97 Å². The van der Waals surface area contributed by atoms with Gasteiger partial charge in [-0.2, -0.15) is 0 Å². The molecule has 1 aromatic carbocycles. The third kappa shape index (κ3) is 2.36. The van der Waals surface area contributed by atoms with Crippen LogP contribution in [0.15, 0.2) is 18.2 Å². The van der Waals surface area contributed by atoms with Crippen molar-refractivity contribution in [2.75, 3.05) is 0 Å². The van der Waals surface area contributed by atoms with E-state index in [1.165, 1.54) is 18.2 Å². The Kier molecular flexibility index (Phi) is 3.13. The average Bonchev–Trinajstić information content (AvgIpc) is 2.19. The monoisotopic (exact) mass is 212 g/mol. The highest BCUT2D eigenvalue weighted by Crippen LogP contribution is 2.27. The van der Waals surface area contributed by atoms with Gasteiger partial charge < -0.3 is 26.8 Å². The maximum atomic E-state index is 10.5. The van der Waals surface area contributed by atoms with Crippen molar-refractivity contribution in [3.63, 3.8) is 0 Å². The number of phenolic OH excluding ortho intramolecular Hbond substituents is 2. The Bertz CT molecular complexity index is 380. The number of benzene rings is 1. The van der Waals surface area contributed by atoms with Gasteiger partial charge in [-0.3, -0.25) is 4.79 Å². The lowest BCUT2D eigenvalue weighted by Crippen LogP contribution is -2.40. The van der Waals surface area contributed by atoms with E-state index in [2.05, 4.69) is 0 Å². The molecule has 2 atom stereocenters. The number of aromatic hydroxyl groups is 2. The molecule has 0 fully saturated rings. The molecule has 82 valence electrons. The maximum Gasteiger partial charge on any atom is 0.322 e. The van der Waals surface area contributed by atoms with Gasteiger partial charge in [-0.1, -0.05) is 6.07 Å². The minimum absolute atomic E-state index is 0.296. The van der Waals surface area contributed by atoms with Crippen LogP contribution in [0.3, 0.4) is 0 Å². The number of aliphatic carboxylic acids is 1. The van der Waals surface area contributed by atoms with Gasteiger partial charge in [0, 0.05) is 0 Å². The minimum Gasteiger partial charge on any atom is -0.504 e. The Morgan fingerprint density at radius 3 is 2.27 bits per heavy atom. The predicted octanol–water partition coefficient (Wildman–Crippen LogP) is -0.491. The standard InChI is InChI=1S/C9H12N2O4/c10-7(8(11)9(14)15)4-1-2-5(12)6(13)3-4/h1-3,7-8,12-13H,10-11H2,(H,14,15). The molecule has 0 aliphatic carbocycles. The van der Waals surface area contributed by atoms with E-state index in [0.717, 1.165) is 0 Å². The van der Waals surface area contributed by atoms with E-state index in [0.29, 0.717) is 5.56 Å².